The molecule has 2 aliphatic rings. The summed E-state index contributed by atoms with van der Waals surface area (Å²) in [6.45, 7) is 2.14. The highest BCUT2D eigenvalue weighted by Crippen LogP contribution is 2.41. The van der Waals surface area contributed by atoms with Crippen molar-refractivity contribution in [3.63, 3.8) is 0 Å². The number of amides is 1. The van der Waals surface area contributed by atoms with Crippen LogP contribution in [0.2, 0.25) is 0 Å². The molecule has 2 heterocycles. The number of likely N-dealkylation sites (tertiary alicyclic amines) is 1. The number of nitrogens with one attached hydrogen (secondary N) is 2. The molecule has 7 heteroatoms. The Morgan fingerprint density at radius 2 is 1.75 bits per heavy atom. The number of aromatic amines is 1. The average molecular weight is 539 g/mol. The van der Waals surface area contributed by atoms with E-state index in [0.717, 1.165) is 96.5 Å². The van der Waals surface area contributed by atoms with E-state index in [1.54, 1.807) is 7.11 Å². The maximum Gasteiger partial charge on any atom is 0.232 e. The molecule has 1 atom stereocenters. The lowest BCUT2D eigenvalue weighted by molar-refractivity contribution is -0.118. The van der Waals surface area contributed by atoms with Gasteiger partial charge >= 0.3 is 0 Å². The summed E-state index contributed by atoms with van der Waals surface area (Å²) < 4.78 is 11.9. The van der Waals surface area contributed by atoms with Gasteiger partial charge in [0.1, 0.15) is 17.6 Å². The van der Waals surface area contributed by atoms with Crippen molar-refractivity contribution >= 4 is 22.5 Å². The molecule has 0 spiro atoms. The fourth-order valence-corrected chi connectivity index (χ4v) is 6.34. The molecule has 0 radical (unpaired) electrons. The van der Waals surface area contributed by atoms with Crippen molar-refractivity contribution in [2.24, 2.45) is 5.92 Å². The maximum absolute atomic E-state index is 13.8. The number of para-hydroxylation sites is 1. The molecule has 0 bridgehead atoms. The van der Waals surface area contributed by atoms with Crippen LogP contribution in [0.15, 0.2) is 66.7 Å². The molecule has 6 rings (SSSR count). The van der Waals surface area contributed by atoms with Crippen LogP contribution in [0.25, 0.3) is 22.2 Å². The lowest BCUT2D eigenvalue weighted by atomic mass is 9.83. The van der Waals surface area contributed by atoms with Crippen LogP contribution < -0.4 is 14.8 Å². The van der Waals surface area contributed by atoms with Gasteiger partial charge < -0.3 is 19.7 Å². The number of ether oxygens (including phenoxy) is 2. The fraction of sp³-hybridized carbons (Fsp3) is 0.394. The number of H-pyrrole nitrogens is 1. The second kappa shape index (κ2) is 11.7. The van der Waals surface area contributed by atoms with Gasteiger partial charge in [0.25, 0.3) is 0 Å². The van der Waals surface area contributed by atoms with E-state index >= 15 is 0 Å². The topological polar surface area (TPSA) is 79.5 Å². The number of anilines is 1. The van der Waals surface area contributed by atoms with Crippen molar-refractivity contribution in [3.8, 4) is 22.8 Å². The van der Waals surface area contributed by atoms with Crippen LogP contribution in [0, 0.1) is 5.92 Å². The number of aromatic nitrogens is 2. The Kier molecular flexibility index (Phi) is 7.73. The molecule has 1 unspecified atom stereocenters. The monoisotopic (exact) mass is 538 g/mol. The van der Waals surface area contributed by atoms with Gasteiger partial charge in [0.15, 0.2) is 0 Å². The van der Waals surface area contributed by atoms with Crippen LogP contribution in [0.1, 0.15) is 50.0 Å². The number of methoxy groups -OCH3 is 1. The molecule has 1 saturated carbocycles. The minimum absolute atomic E-state index is 0.0104. The molecule has 7 nitrogen and oxygen atoms in total. The first-order chi connectivity index (χ1) is 19.6. The smallest absolute Gasteiger partial charge is 0.232 e. The molecular weight excluding hydrogens is 500 g/mol. The predicted molar refractivity (Wildman–Crippen MR) is 159 cm³/mol. The van der Waals surface area contributed by atoms with Crippen LogP contribution >= 0.6 is 0 Å². The van der Waals surface area contributed by atoms with Crippen LogP contribution in [0.3, 0.4) is 0 Å². The molecule has 2 N–H and O–H groups in total. The van der Waals surface area contributed by atoms with E-state index in [-0.39, 0.29) is 17.9 Å². The third-order valence-corrected chi connectivity index (χ3v) is 8.55. The van der Waals surface area contributed by atoms with E-state index in [2.05, 4.69) is 39.6 Å². The van der Waals surface area contributed by atoms with Gasteiger partial charge in [0.2, 0.25) is 5.91 Å². The lowest BCUT2D eigenvalue weighted by Crippen LogP contribution is -2.35. The second-order valence-electron chi connectivity index (χ2n) is 11.2. The van der Waals surface area contributed by atoms with Crippen molar-refractivity contribution < 1.29 is 14.3 Å². The number of hydrogen-bond donors (Lipinski definition) is 2. The third kappa shape index (κ3) is 5.56. The first-order valence-electron chi connectivity index (χ1n) is 14.5. The Morgan fingerprint density at radius 3 is 2.50 bits per heavy atom. The third-order valence-electron chi connectivity index (χ3n) is 8.55. The minimum atomic E-state index is -0.254. The molecule has 208 valence electrons. The van der Waals surface area contributed by atoms with E-state index < -0.39 is 0 Å². The predicted octanol–water partition coefficient (Wildman–Crippen LogP) is 6.62. The van der Waals surface area contributed by atoms with Crippen LogP contribution in [0.5, 0.6) is 11.5 Å². The van der Waals surface area contributed by atoms with Crippen molar-refractivity contribution in [3.05, 3.63) is 72.3 Å². The number of carbonyl (C=O) groups is 1. The molecule has 4 aromatic rings. The molecule has 1 aromatic heterocycles. The van der Waals surface area contributed by atoms with E-state index in [1.165, 1.54) is 0 Å². The summed E-state index contributed by atoms with van der Waals surface area (Å²) in [7, 11) is 3.83. The summed E-state index contributed by atoms with van der Waals surface area (Å²) in [5, 5.41) is 11.9. The SMILES string of the molecule is COc1ccccc1C(C(=O)Nc1ccc2[nH]nc(-c3ccc(OC4CCN(C)CC4)cc3)c2c1)C1CCCC1. The van der Waals surface area contributed by atoms with Crippen LogP contribution in [0.4, 0.5) is 5.69 Å². The quantitative estimate of drug-likeness (QED) is 0.263. The van der Waals surface area contributed by atoms with Gasteiger partial charge in [-0.2, -0.15) is 5.10 Å². The Hall–Kier alpha value is -3.84. The highest BCUT2D eigenvalue weighted by atomic mass is 16.5. The molecule has 40 heavy (non-hydrogen) atoms. The van der Waals surface area contributed by atoms with Gasteiger partial charge in [-0.25, -0.2) is 0 Å². The molecule has 2 fully saturated rings. The number of piperidine rings is 1. The normalized spacial score (nSPS) is 17.6. The molecule has 1 aliphatic heterocycles. The molecular formula is C33H38N4O3. The van der Waals surface area contributed by atoms with Gasteiger partial charge in [-0.05, 0) is 87.2 Å². The Morgan fingerprint density at radius 1 is 1.00 bits per heavy atom. The number of carbonyl (C=O) groups excluding carboxylic acids is 1. The van der Waals surface area contributed by atoms with Gasteiger partial charge in [0, 0.05) is 35.3 Å². The van der Waals surface area contributed by atoms with Crippen molar-refractivity contribution in [1.29, 1.82) is 0 Å². The zero-order valence-corrected chi connectivity index (χ0v) is 23.4. The van der Waals surface area contributed by atoms with Crippen molar-refractivity contribution in [1.82, 2.24) is 15.1 Å². The van der Waals surface area contributed by atoms with Crippen molar-refractivity contribution in [2.75, 3.05) is 32.6 Å². The lowest BCUT2D eigenvalue weighted by Gasteiger charge is -2.29. The summed E-state index contributed by atoms with van der Waals surface area (Å²) in [6.07, 6.45) is 6.80. The molecule has 3 aromatic carbocycles. The van der Waals surface area contributed by atoms with E-state index in [1.807, 2.05) is 54.6 Å². The van der Waals surface area contributed by atoms with Gasteiger partial charge in [0.05, 0.1) is 24.2 Å². The summed E-state index contributed by atoms with van der Waals surface area (Å²) >= 11 is 0. The first kappa shape index (κ1) is 26.4. The average Bonchev–Trinajstić information content (AvgIpc) is 3.66. The molecule has 1 aliphatic carbocycles. The summed E-state index contributed by atoms with van der Waals surface area (Å²) in [5.74, 6) is 1.72. The van der Waals surface area contributed by atoms with E-state index in [9.17, 15) is 4.79 Å². The number of nitrogens with zero attached hydrogens (tertiary/aromatic N) is 2. The van der Waals surface area contributed by atoms with E-state index in [4.69, 9.17) is 9.47 Å². The van der Waals surface area contributed by atoms with Gasteiger partial charge in [-0.15, -0.1) is 0 Å². The highest BCUT2D eigenvalue weighted by molar-refractivity contribution is 6.00. The standard InChI is InChI=1S/C33H38N4O3/c1-37-19-17-26(18-20-37)40-25-14-11-23(12-15-25)32-28-21-24(13-16-29(28)35-36-32)34-33(38)31(22-7-3-4-8-22)27-9-5-6-10-30(27)39-2/h5-6,9-16,21-22,26,31H,3-4,7-8,17-20H2,1-2H3,(H,34,38)(H,35,36). The van der Waals surface area contributed by atoms with Gasteiger partial charge in [-0.3, -0.25) is 9.89 Å². The minimum Gasteiger partial charge on any atom is -0.496 e. The van der Waals surface area contributed by atoms with Crippen molar-refractivity contribution in [2.45, 2.75) is 50.5 Å². The first-order valence-corrected chi connectivity index (χ1v) is 14.5. The maximum atomic E-state index is 13.8. The number of benzene rings is 3. The Labute approximate surface area is 235 Å². The summed E-state index contributed by atoms with van der Waals surface area (Å²) in [5.41, 5.74) is 4.51. The van der Waals surface area contributed by atoms with Gasteiger partial charge in [-0.1, -0.05) is 31.0 Å². The largest absolute Gasteiger partial charge is 0.496 e. The fourth-order valence-electron chi connectivity index (χ4n) is 6.34. The number of hydrogen-bond acceptors (Lipinski definition) is 5. The van der Waals surface area contributed by atoms with E-state index in [0.29, 0.717) is 5.92 Å². The number of fused-ring (bicyclic) bond motifs is 1. The van der Waals surface area contributed by atoms with Crippen LogP contribution in [-0.4, -0.2) is 54.4 Å². The molecule has 1 saturated heterocycles. The molecule has 1 amide bonds. The summed E-state index contributed by atoms with van der Waals surface area (Å²) in [4.78, 5) is 16.2. The zero-order chi connectivity index (χ0) is 27.5. The summed E-state index contributed by atoms with van der Waals surface area (Å²) in [6, 6.07) is 22.0. The second-order valence-corrected chi connectivity index (χ2v) is 11.2. The Bertz CT molecular complexity index is 1450. The zero-order valence-electron chi connectivity index (χ0n) is 23.4. The highest BCUT2D eigenvalue weighted by Gasteiger charge is 2.34. The Balaban J connectivity index is 1.22. The van der Waals surface area contributed by atoms with Crippen LogP contribution in [-0.2, 0) is 4.79 Å². The number of rotatable bonds is 8.